The Kier molecular flexibility index (Phi) is 38.4. The van der Waals surface area contributed by atoms with Gasteiger partial charge in [-0.15, -0.1) is 0 Å². The summed E-state index contributed by atoms with van der Waals surface area (Å²) < 4.78 is 34.3. The minimum Gasteiger partial charge on any atom is -0.462 e. The highest BCUT2D eigenvalue weighted by molar-refractivity contribution is 7.47. The fourth-order valence-corrected chi connectivity index (χ4v) is 7.01. The van der Waals surface area contributed by atoms with E-state index in [1.54, 1.807) is 0 Å². The zero-order valence-corrected chi connectivity index (χ0v) is 38.5. The summed E-state index contributed by atoms with van der Waals surface area (Å²) in [7, 11) is 1.46. The quantitative estimate of drug-likeness (QED) is 0.0213. The summed E-state index contributed by atoms with van der Waals surface area (Å²) in [5.41, 5.74) is 0. The summed E-state index contributed by atoms with van der Waals surface area (Å²) in [5.74, 6) is -0.853. The van der Waals surface area contributed by atoms with Crippen molar-refractivity contribution in [2.24, 2.45) is 0 Å². The maximum absolute atomic E-state index is 12.7. The molecule has 0 aliphatic carbocycles. The third-order valence-electron chi connectivity index (χ3n) is 9.92. The number of likely N-dealkylation sites (N-methyl/N-ethyl adjacent to an activating group) is 1. The molecule has 0 spiro atoms. The summed E-state index contributed by atoms with van der Waals surface area (Å²) in [6.45, 7) is 4.38. The van der Waals surface area contributed by atoms with Gasteiger partial charge in [-0.05, 0) is 44.9 Å². The van der Waals surface area contributed by atoms with Crippen LogP contribution in [0.15, 0.2) is 36.5 Å². The lowest BCUT2D eigenvalue weighted by Gasteiger charge is -2.24. The molecule has 0 aromatic carbocycles. The number of quaternary nitrogens is 1. The number of unbranched alkanes of at least 4 members (excludes halogenated alkanes) is 22. The summed E-state index contributed by atoms with van der Waals surface area (Å²) in [5, 5.41) is 0. The molecule has 0 amide bonds. The monoisotopic (exact) mass is 827 g/mol. The van der Waals surface area contributed by atoms with Crippen LogP contribution in [0.1, 0.15) is 200 Å². The minimum absolute atomic E-state index is 0.0252. The van der Waals surface area contributed by atoms with Crippen LogP contribution in [0.2, 0.25) is 0 Å². The van der Waals surface area contributed by atoms with E-state index in [1.165, 1.54) is 128 Å². The number of carbonyl (C=O) groups excluding carboxylic acids is 2. The van der Waals surface area contributed by atoms with Crippen LogP contribution >= 0.6 is 7.82 Å². The summed E-state index contributed by atoms with van der Waals surface area (Å²) in [6.07, 6.45) is 44.8. The Balaban J connectivity index is 4.39. The Hall–Kier alpha value is -1.77. The molecule has 2 atom stereocenters. The van der Waals surface area contributed by atoms with Crippen LogP contribution in [0.4, 0.5) is 0 Å². The number of ether oxygens (including phenoxy) is 2. The number of hydrogen-bond donors (Lipinski definition) is 1. The zero-order chi connectivity index (χ0) is 42.1. The predicted molar refractivity (Wildman–Crippen MR) is 238 cm³/mol. The summed E-state index contributed by atoms with van der Waals surface area (Å²) >= 11 is 0. The smallest absolute Gasteiger partial charge is 0.462 e. The lowest BCUT2D eigenvalue weighted by molar-refractivity contribution is -0.870. The number of hydrogen-bond acceptors (Lipinski definition) is 7. The van der Waals surface area contributed by atoms with Gasteiger partial charge in [-0.2, -0.15) is 0 Å². The van der Waals surface area contributed by atoms with Crippen molar-refractivity contribution in [1.82, 2.24) is 0 Å². The van der Waals surface area contributed by atoms with Gasteiger partial charge in [0.25, 0.3) is 0 Å². The molecule has 0 saturated carbocycles. The van der Waals surface area contributed by atoms with Crippen LogP contribution in [-0.4, -0.2) is 74.9 Å². The van der Waals surface area contributed by atoms with E-state index in [4.69, 9.17) is 18.5 Å². The Morgan fingerprint density at radius 2 is 0.965 bits per heavy atom. The van der Waals surface area contributed by atoms with E-state index in [1.807, 2.05) is 21.1 Å². The van der Waals surface area contributed by atoms with Gasteiger partial charge in [0.05, 0.1) is 27.7 Å². The van der Waals surface area contributed by atoms with Gasteiger partial charge in [0.2, 0.25) is 0 Å². The van der Waals surface area contributed by atoms with Gasteiger partial charge < -0.3 is 18.9 Å². The van der Waals surface area contributed by atoms with Crippen molar-refractivity contribution in [1.29, 1.82) is 0 Å². The number of phosphoric ester groups is 1. The second-order valence-corrected chi connectivity index (χ2v) is 18.2. The van der Waals surface area contributed by atoms with Crippen molar-refractivity contribution in [3.8, 4) is 0 Å². The van der Waals surface area contributed by atoms with Gasteiger partial charge in [0.15, 0.2) is 6.10 Å². The van der Waals surface area contributed by atoms with Gasteiger partial charge in [0.1, 0.15) is 19.8 Å². The molecule has 9 nitrogen and oxygen atoms in total. The summed E-state index contributed by atoms with van der Waals surface area (Å²) in [6, 6.07) is 0. The van der Waals surface area contributed by atoms with Crippen molar-refractivity contribution in [3.63, 3.8) is 0 Å². The van der Waals surface area contributed by atoms with Crippen molar-refractivity contribution in [2.75, 3.05) is 47.5 Å². The third kappa shape index (κ3) is 43.6. The van der Waals surface area contributed by atoms with Gasteiger partial charge in [-0.3, -0.25) is 18.6 Å². The summed E-state index contributed by atoms with van der Waals surface area (Å²) in [4.78, 5) is 35.4. The van der Waals surface area contributed by atoms with Crippen LogP contribution < -0.4 is 0 Å². The maximum Gasteiger partial charge on any atom is 0.472 e. The molecule has 0 bridgehead atoms. The SMILES string of the molecule is CCCCCCCC/C=C/C/C=C/C/C=C/CCCC(=O)OC[C@H](COP(=O)(O)OCC[N+](C)(C)C)OC(=O)CCCCCCCCCCCCCCCCCC. The lowest BCUT2D eigenvalue weighted by Crippen LogP contribution is -2.37. The highest BCUT2D eigenvalue weighted by Gasteiger charge is 2.27. The average Bonchev–Trinajstić information content (AvgIpc) is 3.16. The van der Waals surface area contributed by atoms with Crippen molar-refractivity contribution >= 4 is 19.8 Å². The molecule has 0 heterocycles. The number of esters is 2. The van der Waals surface area contributed by atoms with Gasteiger partial charge in [-0.25, -0.2) is 4.57 Å². The second-order valence-electron chi connectivity index (χ2n) is 16.8. The highest BCUT2D eigenvalue weighted by atomic mass is 31.2. The van der Waals surface area contributed by atoms with E-state index < -0.39 is 32.5 Å². The Morgan fingerprint density at radius 3 is 1.46 bits per heavy atom. The molecule has 0 fully saturated rings. The van der Waals surface area contributed by atoms with E-state index >= 15 is 0 Å². The van der Waals surface area contributed by atoms with Crippen LogP contribution in [0.5, 0.6) is 0 Å². The maximum atomic E-state index is 12.7. The van der Waals surface area contributed by atoms with Crippen LogP contribution in [-0.2, 0) is 32.7 Å². The number of rotatable bonds is 42. The second kappa shape index (κ2) is 39.7. The van der Waals surface area contributed by atoms with E-state index in [2.05, 4.69) is 50.3 Å². The molecule has 0 rings (SSSR count). The number of allylic oxidation sites excluding steroid dienone is 6. The molecule has 0 aliphatic heterocycles. The molecule has 57 heavy (non-hydrogen) atoms. The lowest BCUT2D eigenvalue weighted by atomic mass is 10.0. The molecule has 0 saturated heterocycles. The van der Waals surface area contributed by atoms with Crippen molar-refractivity contribution in [3.05, 3.63) is 36.5 Å². The van der Waals surface area contributed by atoms with Gasteiger partial charge in [-0.1, -0.05) is 179 Å². The van der Waals surface area contributed by atoms with Crippen molar-refractivity contribution in [2.45, 2.75) is 206 Å². The third-order valence-corrected chi connectivity index (χ3v) is 10.9. The van der Waals surface area contributed by atoms with Crippen LogP contribution in [0.3, 0.4) is 0 Å². The topological polar surface area (TPSA) is 108 Å². The van der Waals surface area contributed by atoms with E-state index in [9.17, 15) is 19.0 Å². The molecule has 0 aliphatic rings. The Morgan fingerprint density at radius 1 is 0.544 bits per heavy atom. The molecule has 0 aromatic heterocycles. The van der Waals surface area contributed by atoms with Gasteiger partial charge in [0, 0.05) is 12.8 Å². The Labute approximate surface area is 351 Å². The molecule has 0 radical (unpaired) electrons. The first kappa shape index (κ1) is 55.2. The highest BCUT2D eigenvalue weighted by Crippen LogP contribution is 2.43. The zero-order valence-electron chi connectivity index (χ0n) is 37.6. The minimum atomic E-state index is -4.38. The molecule has 334 valence electrons. The van der Waals surface area contributed by atoms with E-state index in [0.717, 1.165) is 32.1 Å². The first-order valence-corrected chi connectivity index (χ1v) is 24.7. The number of phosphoric acid groups is 1. The van der Waals surface area contributed by atoms with Gasteiger partial charge >= 0.3 is 19.8 Å². The largest absolute Gasteiger partial charge is 0.472 e. The van der Waals surface area contributed by atoms with Crippen LogP contribution in [0, 0.1) is 0 Å². The first-order valence-electron chi connectivity index (χ1n) is 23.2. The molecule has 1 unspecified atom stereocenters. The normalized spacial score (nSPS) is 13.9. The predicted octanol–water partition coefficient (Wildman–Crippen LogP) is 13.3. The fraction of sp³-hybridized carbons (Fsp3) is 0.830. The molecular formula is C47H89NO8P+. The molecule has 1 N–H and O–H groups in total. The van der Waals surface area contributed by atoms with Crippen LogP contribution in [0.25, 0.3) is 0 Å². The average molecular weight is 827 g/mol. The Bertz CT molecular complexity index is 1070. The molecule has 0 aromatic rings. The van der Waals surface area contributed by atoms with Crippen molar-refractivity contribution < 1.29 is 42.1 Å². The van der Waals surface area contributed by atoms with E-state index in [-0.39, 0.29) is 26.1 Å². The van der Waals surface area contributed by atoms with E-state index in [0.29, 0.717) is 23.9 Å². The standard InChI is InChI=1S/C47H88NO8P/c1-6-8-10-12-14-16-18-20-22-24-26-27-29-31-33-35-37-39-46(49)53-43-45(44-55-57(51,52)54-42-41-48(3,4)5)56-47(50)40-38-36-34-32-30-28-25-23-21-19-17-15-13-11-9-7-2/h20,22,26-27,31,33,45H,6-19,21,23-25,28-30,32,34-44H2,1-5H3/p+1/b22-20+,27-26+,33-31+/t45-/m1/s1. The molecule has 10 heteroatoms. The number of nitrogens with zero attached hydrogens (tertiary/aromatic N) is 1. The fourth-order valence-electron chi connectivity index (χ4n) is 6.27. The number of carbonyl (C=O) groups is 2. The molecular weight excluding hydrogens is 737 g/mol. The first-order chi connectivity index (χ1) is 27.5.